The molecule has 0 fully saturated rings. The van der Waals surface area contributed by atoms with Crippen molar-refractivity contribution in [2.75, 3.05) is 7.11 Å². The fourth-order valence-electron chi connectivity index (χ4n) is 3.67. The summed E-state index contributed by atoms with van der Waals surface area (Å²) in [6.07, 6.45) is 6.11. The molecule has 29 heavy (non-hydrogen) atoms. The molecular formula is C20H23FN6O2. The van der Waals surface area contributed by atoms with E-state index in [2.05, 4.69) is 25.2 Å². The Labute approximate surface area is 167 Å². The molecule has 0 saturated heterocycles. The maximum absolute atomic E-state index is 13.8. The number of nitrogens with one attached hydrogen (secondary N) is 1. The molecule has 1 N–H and O–H groups in total. The summed E-state index contributed by atoms with van der Waals surface area (Å²) in [5, 5.41) is 15.9. The molecule has 0 saturated carbocycles. The maximum Gasteiger partial charge on any atom is 0.224 e. The van der Waals surface area contributed by atoms with Crippen molar-refractivity contribution in [1.82, 2.24) is 29.9 Å². The first-order chi connectivity index (χ1) is 14.0. The Morgan fingerprint density at radius 3 is 2.93 bits per heavy atom. The summed E-state index contributed by atoms with van der Waals surface area (Å²) in [4.78, 5) is 12.5. The number of hydrogen-bond acceptors (Lipinski definition) is 5. The zero-order valence-electron chi connectivity index (χ0n) is 16.4. The molecule has 1 aromatic carbocycles. The van der Waals surface area contributed by atoms with Crippen LogP contribution in [0.3, 0.4) is 0 Å². The van der Waals surface area contributed by atoms with Gasteiger partial charge in [0, 0.05) is 32.3 Å². The highest BCUT2D eigenvalue weighted by Gasteiger charge is 2.22. The van der Waals surface area contributed by atoms with E-state index in [1.807, 2.05) is 13.2 Å². The highest BCUT2D eigenvalue weighted by atomic mass is 19.1. The number of carbonyl (C=O) groups is 1. The Kier molecular flexibility index (Phi) is 5.28. The summed E-state index contributed by atoms with van der Waals surface area (Å²) in [6, 6.07) is 4.62. The van der Waals surface area contributed by atoms with Crippen molar-refractivity contribution >= 4 is 5.91 Å². The van der Waals surface area contributed by atoms with Crippen molar-refractivity contribution in [2.45, 2.75) is 38.3 Å². The predicted octanol–water partition coefficient (Wildman–Crippen LogP) is 1.89. The second-order valence-corrected chi connectivity index (χ2v) is 7.23. The monoisotopic (exact) mass is 398 g/mol. The van der Waals surface area contributed by atoms with E-state index >= 15 is 0 Å². The minimum absolute atomic E-state index is 0.0362. The van der Waals surface area contributed by atoms with E-state index in [1.54, 1.807) is 16.9 Å². The lowest BCUT2D eigenvalue weighted by molar-refractivity contribution is -0.121. The van der Waals surface area contributed by atoms with Gasteiger partial charge in [0.1, 0.15) is 5.82 Å². The Bertz CT molecular complexity index is 1030. The Morgan fingerprint density at radius 1 is 1.34 bits per heavy atom. The normalized spacial score (nSPS) is 16.2. The molecule has 9 heteroatoms. The van der Waals surface area contributed by atoms with Gasteiger partial charge in [0.15, 0.2) is 17.4 Å². The lowest BCUT2D eigenvalue weighted by Gasteiger charge is -2.16. The van der Waals surface area contributed by atoms with Gasteiger partial charge in [0.25, 0.3) is 0 Å². The number of fused-ring (bicyclic) bond motifs is 1. The SMILES string of the molecule is COc1ccc(CC(=O)NC2CCc3nnc(-c4cnn(C)c4)n3CC2)cc1F. The standard InChI is InChI=1S/C20H23FN6O2/c1-26-12-14(11-22-26)20-25-24-18-6-4-15(7-8-27(18)20)23-19(28)10-13-3-5-17(29-2)16(21)9-13/h3,5,9,11-12,15H,4,6-8,10H2,1-2H3,(H,23,28). The Morgan fingerprint density at radius 2 is 2.21 bits per heavy atom. The third kappa shape index (κ3) is 4.13. The van der Waals surface area contributed by atoms with Gasteiger partial charge < -0.3 is 14.6 Å². The van der Waals surface area contributed by atoms with E-state index in [1.165, 1.54) is 19.2 Å². The molecule has 2 aromatic heterocycles. The first-order valence-electron chi connectivity index (χ1n) is 9.56. The van der Waals surface area contributed by atoms with Gasteiger partial charge in [-0.2, -0.15) is 5.10 Å². The van der Waals surface area contributed by atoms with E-state index in [0.717, 1.165) is 36.5 Å². The highest BCUT2D eigenvalue weighted by molar-refractivity contribution is 5.78. The summed E-state index contributed by atoms with van der Waals surface area (Å²) in [7, 11) is 3.28. The number of halogens is 1. The molecule has 152 valence electrons. The van der Waals surface area contributed by atoms with Gasteiger partial charge in [-0.1, -0.05) is 6.07 Å². The van der Waals surface area contributed by atoms with Crippen LogP contribution in [-0.2, 0) is 31.2 Å². The topological polar surface area (TPSA) is 86.9 Å². The van der Waals surface area contributed by atoms with Crippen molar-refractivity contribution in [3.8, 4) is 17.1 Å². The average Bonchev–Trinajstić information content (AvgIpc) is 3.24. The van der Waals surface area contributed by atoms with Crippen molar-refractivity contribution in [3.63, 3.8) is 0 Å². The quantitative estimate of drug-likeness (QED) is 0.709. The van der Waals surface area contributed by atoms with Crippen molar-refractivity contribution in [3.05, 3.63) is 47.8 Å². The largest absolute Gasteiger partial charge is 0.494 e. The summed E-state index contributed by atoms with van der Waals surface area (Å²) >= 11 is 0. The van der Waals surface area contributed by atoms with Crippen LogP contribution in [0.25, 0.3) is 11.4 Å². The van der Waals surface area contributed by atoms with Gasteiger partial charge in [-0.15, -0.1) is 10.2 Å². The molecule has 3 aromatic rings. The predicted molar refractivity (Wildman–Crippen MR) is 104 cm³/mol. The van der Waals surface area contributed by atoms with Crippen LogP contribution in [0.15, 0.2) is 30.6 Å². The summed E-state index contributed by atoms with van der Waals surface area (Å²) in [5.41, 5.74) is 1.54. The third-order valence-electron chi connectivity index (χ3n) is 5.15. The molecule has 0 bridgehead atoms. The molecule has 1 unspecified atom stereocenters. The Hall–Kier alpha value is -3.23. The zero-order valence-corrected chi connectivity index (χ0v) is 16.4. The van der Waals surface area contributed by atoms with Gasteiger partial charge in [-0.3, -0.25) is 9.48 Å². The number of ether oxygens (including phenoxy) is 1. The van der Waals surface area contributed by atoms with Crippen LogP contribution in [-0.4, -0.2) is 43.6 Å². The number of hydrogen-bond donors (Lipinski definition) is 1. The van der Waals surface area contributed by atoms with Crippen molar-refractivity contribution in [2.24, 2.45) is 7.05 Å². The van der Waals surface area contributed by atoms with Crippen LogP contribution in [0.1, 0.15) is 24.2 Å². The average molecular weight is 398 g/mol. The number of benzene rings is 1. The molecule has 8 nitrogen and oxygen atoms in total. The fraction of sp³-hybridized carbons (Fsp3) is 0.400. The van der Waals surface area contributed by atoms with Crippen molar-refractivity contribution in [1.29, 1.82) is 0 Å². The van der Waals surface area contributed by atoms with Crippen LogP contribution < -0.4 is 10.1 Å². The number of aryl methyl sites for hydroxylation is 2. The number of nitrogens with zero attached hydrogens (tertiary/aromatic N) is 5. The molecule has 3 heterocycles. The van der Waals surface area contributed by atoms with E-state index in [4.69, 9.17) is 4.74 Å². The Balaban J connectivity index is 1.38. The molecule has 1 amide bonds. The lowest BCUT2D eigenvalue weighted by atomic mass is 10.1. The first kappa shape index (κ1) is 19.1. The van der Waals surface area contributed by atoms with Crippen LogP contribution in [0.5, 0.6) is 5.75 Å². The molecule has 1 aliphatic heterocycles. The van der Waals surface area contributed by atoms with E-state index < -0.39 is 5.82 Å². The number of amides is 1. The minimum Gasteiger partial charge on any atom is -0.494 e. The van der Waals surface area contributed by atoms with Gasteiger partial charge in [0.05, 0.1) is 25.3 Å². The molecule has 0 radical (unpaired) electrons. The summed E-state index contributed by atoms with van der Waals surface area (Å²) < 4.78 is 22.6. The van der Waals surface area contributed by atoms with Crippen molar-refractivity contribution < 1.29 is 13.9 Å². The van der Waals surface area contributed by atoms with Crippen LogP contribution in [0.4, 0.5) is 4.39 Å². The minimum atomic E-state index is -0.465. The fourth-order valence-corrected chi connectivity index (χ4v) is 3.67. The second kappa shape index (κ2) is 8.02. The molecule has 0 aliphatic carbocycles. The van der Waals surface area contributed by atoms with E-state index in [0.29, 0.717) is 12.1 Å². The summed E-state index contributed by atoms with van der Waals surface area (Å²) in [6.45, 7) is 0.717. The maximum atomic E-state index is 13.8. The number of carbonyl (C=O) groups excluding carboxylic acids is 1. The van der Waals surface area contributed by atoms with Crippen LogP contribution >= 0.6 is 0 Å². The first-order valence-corrected chi connectivity index (χ1v) is 9.56. The van der Waals surface area contributed by atoms with E-state index in [-0.39, 0.29) is 24.1 Å². The molecule has 0 spiro atoms. The van der Waals surface area contributed by atoms with Gasteiger partial charge in [0.2, 0.25) is 5.91 Å². The molecule has 4 rings (SSSR count). The number of rotatable bonds is 5. The molecule has 1 atom stereocenters. The van der Waals surface area contributed by atoms with Gasteiger partial charge >= 0.3 is 0 Å². The number of aromatic nitrogens is 5. The highest BCUT2D eigenvalue weighted by Crippen LogP contribution is 2.22. The van der Waals surface area contributed by atoms with E-state index in [9.17, 15) is 9.18 Å². The molecule has 1 aliphatic rings. The summed E-state index contributed by atoms with van der Waals surface area (Å²) in [5.74, 6) is 1.30. The number of methoxy groups -OCH3 is 1. The molecular weight excluding hydrogens is 375 g/mol. The third-order valence-corrected chi connectivity index (χ3v) is 5.15. The van der Waals surface area contributed by atoms with Gasteiger partial charge in [-0.25, -0.2) is 4.39 Å². The van der Waals surface area contributed by atoms with Crippen LogP contribution in [0, 0.1) is 5.82 Å². The zero-order chi connectivity index (χ0) is 20.4. The van der Waals surface area contributed by atoms with Gasteiger partial charge in [-0.05, 0) is 30.5 Å². The second-order valence-electron chi connectivity index (χ2n) is 7.23. The van der Waals surface area contributed by atoms with Crippen LogP contribution in [0.2, 0.25) is 0 Å². The lowest BCUT2D eigenvalue weighted by Crippen LogP contribution is -2.36. The smallest absolute Gasteiger partial charge is 0.224 e.